The summed E-state index contributed by atoms with van der Waals surface area (Å²) in [6, 6.07) is 18.7. The lowest BCUT2D eigenvalue weighted by atomic mass is 10.1. The average Bonchev–Trinajstić information content (AvgIpc) is 2.92. The highest BCUT2D eigenvalue weighted by atomic mass is 35.5. The fourth-order valence-corrected chi connectivity index (χ4v) is 3.11. The molecule has 6 heteroatoms. The van der Waals surface area contributed by atoms with Crippen molar-refractivity contribution in [1.82, 2.24) is 4.57 Å². The van der Waals surface area contributed by atoms with Crippen LogP contribution in [0.1, 0.15) is 22.5 Å². The Morgan fingerprint density at radius 3 is 2.63 bits per heavy atom. The molecule has 0 atom stereocenters. The van der Waals surface area contributed by atoms with Gasteiger partial charge in [-0.05, 0) is 42.8 Å². The number of halogens is 1. The van der Waals surface area contributed by atoms with Crippen molar-refractivity contribution in [3.8, 4) is 6.07 Å². The van der Waals surface area contributed by atoms with E-state index >= 15 is 0 Å². The zero-order chi connectivity index (χ0) is 19.4. The maximum absolute atomic E-state index is 12.5. The molecule has 2 aromatic carbocycles. The maximum Gasteiger partial charge on any atom is 0.244 e. The van der Waals surface area contributed by atoms with Crippen LogP contribution in [-0.4, -0.2) is 10.5 Å². The maximum atomic E-state index is 12.5. The number of nitrogens with zero attached hydrogens (tertiary/aromatic N) is 2. The average molecular weight is 379 g/mol. The third-order valence-corrected chi connectivity index (χ3v) is 4.49. The number of aryl methyl sites for hydroxylation is 1. The Morgan fingerprint density at radius 1 is 1.22 bits per heavy atom. The van der Waals surface area contributed by atoms with E-state index in [9.17, 15) is 10.1 Å². The number of aromatic nitrogens is 1. The Bertz CT molecular complexity index is 1020. The van der Waals surface area contributed by atoms with Crippen molar-refractivity contribution < 1.29 is 4.79 Å². The van der Waals surface area contributed by atoms with Crippen LogP contribution in [0.2, 0.25) is 5.02 Å². The van der Waals surface area contributed by atoms with Crippen LogP contribution in [0, 0.1) is 18.3 Å². The summed E-state index contributed by atoms with van der Waals surface area (Å²) in [5.74, 6) is -0.224. The molecule has 0 unspecified atom stereocenters. The van der Waals surface area contributed by atoms with E-state index in [1.54, 1.807) is 16.7 Å². The molecule has 1 aromatic heterocycles. The molecule has 0 aliphatic rings. The summed E-state index contributed by atoms with van der Waals surface area (Å²) in [6.45, 7) is 1.99. The number of hydrogen-bond donors (Lipinski definition) is 2. The quantitative estimate of drug-likeness (QED) is 0.700. The van der Waals surface area contributed by atoms with Crippen LogP contribution in [0.5, 0.6) is 0 Å². The predicted molar refractivity (Wildman–Crippen MR) is 108 cm³/mol. The minimum absolute atomic E-state index is 0.00384. The number of rotatable bonds is 5. The van der Waals surface area contributed by atoms with Gasteiger partial charge in [-0.1, -0.05) is 41.4 Å². The lowest BCUT2D eigenvalue weighted by Crippen LogP contribution is -2.21. The van der Waals surface area contributed by atoms with E-state index in [1.165, 1.54) is 0 Å². The molecule has 0 radical (unpaired) electrons. The highest BCUT2D eigenvalue weighted by Gasteiger charge is 2.16. The molecule has 1 heterocycles. The zero-order valence-electron chi connectivity index (χ0n) is 14.9. The number of nitrogens with two attached hydrogens (primary N) is 1. The van der Waals surface area contributed by atoms with Gasteiger partial charge in [0.2, 0.25) is 5.91 Å². The number of benzene rings is 2. The molecule has 27 heavy (non-hydrogen) atoms. The lowest BCUT2D eigenvalue weighted by molar-refractivity contribution is -0.116. The number of carbonyl (C=O) groups is 1. The normalized spacial score (nSPS) is 10.4. The predicted octanol–water partition coefficient (Wildman–Crippen LogP) is 4.13. The van der Waals surface area contributed by atoms with E-state index in [4.69, 9.17) is 17.3 Å². The summed E-state index contributed by atoms with van der Waals surface area (Å²) < 4.78 is 1.65. The van der Waals surface area contributed by atoms with E-state index < -0.39 is 0 Å². The molecule has 3 N–H and O–H groups in total. The first-order valence-corrected chi connectivity index (χ1v) is 8.83. The van der Waals surface area contributed by atoms with Crippen molar-refractivity contribution in [2.24, 2.45) is 0 Å². The summed E-state index contributed by atoms with van der Waals surface area (Å²) in [4.78, 5) is 12.5. The van der Waals surface area contributed by atoms with Gasteiger partial charge < -0.3 is 15.6 Å². The van der Waals surface area contributed by atoms with E-state index in [0.29, 0.717) is 34.2 Å². The van der Waals surface area contributed by atoms with Gasteiger partial charge in [-0.2, -0.15) is 5.26 Å². The molecule has 0 saturated carbocycles. The molecule has 3 rings (SSSR count). The van der Waals surface area contributed by atoms with E-state index in [1.807, 2.05) is 49.4 Å². The Labute approximate surface area is 163 Å². The SMILES string of the molecule is Cc1ccc(NC(=O)Cn2c(C#N)cc(N)c2Cc2cccc(Cl)c2)cc1. The van der Waals surface area contributed by atoms with Gasteiger partial charge in [0.15, 0.2) is 0 Å². The molecular formula is C21H19ClN4O. The van der Waals surface area contributed by atoms with Crippen molar-refractivity contribution in [3.05, 3.63) is 82.1 Å². The molecule has 5 nitrogen and oxygen atoms in total. The third-order valence-electron chi connectivity index (χ3n) is 4.25. The highest BCUT2D eigenvalue weighted by molar-refractivity contribution is 6.30. The number of amides is 1. The van der Waals surface area contributed by atoms with Crippen molar-refractivity contribution >= 4 is 28.9 Å². The van der Waals surface area contributed by atoms with Gasteiger partial charge in [-0.15, -0.1) is 0 Å². The molecular weight excluding hydrogens is 360 g/mol. The number of nitrogens with one attached hydrogen (secondary N) is 1. The molecule has 1 amide bonds. The van der Waals surface area contributed by atoms with Crippen LogP contribution in [0.25, 0.3) is 0 Å². The van der Waals surface area contributed by atoms with Gasteiger partial charge in [-0.25, -0.2) is 0 Å². The van der Waals surface area contributed by atoms with E-state index in [-0.39, 0.29) is 12.5 Å². The molecule has 136 valence electrons. The third kappa shape index (κ3) is 4.49. The minimum atomic E-state index is -0.224. The monoisotopic (exact) mass is 378 g/mol. The van der Waals surface area contributed by atoms with Gasteiger partial charge in [0.05, 0.1) is 5.69 Å². The Kier molecular flexibility index (Phi) is 5.49. The number of anilines is 2. The van der Waals surface area contributed by atoms with Crippen LogP contribution in [-0.2, 0) is 17.8 Å². The van der Waals surface area contributed by atoms with Crippen molar-refractivity contribution in [1.29, 1.82) is 5.26 Å². The van der Waals surface area contributed by atoms with Crippen LogP contribution in [0.15, 0.2) is 54.6 Å². The largest absolute Gasteiger partial charge is 0.397 e. The molecule has 0 spiro atoms. The molecule has 0 saturated heterocycles. The number of carbonyl (C=O) groups excluding carboxylic acids is 1. The smallest absolute Gasteiger partial charge is 0.244 e. The number of nitrogen functional groups attached to an aromatic ring is 1. The topological polar surface area (TPSA) is 83.8 Å². The van der Waals surface area contributed by atoms with Gasteiger partial charge in [0, 0.05) is 22.8 Å². The van der Waals surface area contributed by atoms with Crippen molar-refractivity contribution in [2.45, 2.75) is 19.9 Å². The molecule has 0 bridgehead atoms. The standard InChI is InChI=1S/C21H19ClN4O/c1-14-5-7-17(8-6-14)25-21(27)13-26-18(12-23)11-19(24)20(26)10-15-3-2-4-16(22)9-15/h2-9,11H,10,13,24H2,1H3,(H,25,27). The van der Waals surface area contributed by atoms with Gasteiger partial charge in [-0.3, -0.25) is 4.79 Å². The lowest BCUT2D eigenvalue weighted by Gasteiger charge is -2.12. The Balaban J connectivity index is 1.84. The first kappa shape index (κ1) is 18.6. The van der Waals surface area contributed by atoms with Gasteiger partial charge in [0.25, 0.3) is 0 Å². The highest BCUT2D eigenvalue weighted by Crippen LogP contribution is 2.23. The summed E-state index contributed by atoms with van der Waals surface area (Å²) in [5.41, 5.74) is 10.4. The molecule has 3 aromatic rings. The zero-order valence-corrected chi connectivity index (χ0v) is 15.6. The molecule has 0 aliphatic carbocycles. The Hall–Kier alpha value is -3.23. The summed E-state index contributed by atoms with van der Waals surface area (Å²) in [5, 5.41) is 12.9. The summed E-state index contributed by atoms with van der Waals surface area (Å²) in [6.07, 6.45) is 0.478. The second-order valence-electron chi connectivity index (χ2n) is 6.35. The van der Waals surface area contributed by atoms with Crippen LogP contribution < -0.4 is 11.1 Å². The van der Waals surface area contributed by atoms with Crippen molar-refractivity contribution in [3.63, 3.8) is 0 Å². The van der Waals surface area contributed by atoms with Gasteiger partial charge in [0.1, 0.15) is 18.3 Å². The first-order chi connectivity index (χ1) is 13.0. The second-order valence-corrected chi connectivity index (χ2v) is 6.79. The first-order valence-electron chi connectivity index (χ1n) is 8.45. The van der Waals surface area contributed by atoms with E-state index in [2.05, 4.69) is 11.4 Å². The molecule has 0 aliphatic heterocycles. The van der Waals surface area contributed by atoms with Crippen molar-refractivity contribution in [2.75, 3.05) is 11.1 Å². The number of nitriles is 1. The van der Waals surface area contributed by atoms with Crippen LogP contribution in [0.3, 0.4) is 0 Å². The van der Waals surface area contributed by atoms with Crippen LogP contribution >= 0.6 is 11.6 Å². The Morgan fingerprint density at radius 2 is 1.96 bits per heavy atom. The summed E-state index contributed by atoms with van der Waals surface area (Å²) >= 11 is 6.05. The molecule has 0 fully saturated rings. The number of hydrogen-bond acceptors (Lipinski definition) is 3. The van der Waals surface area contributed by atoms with Gasteiger partial charge >= 0.3 is 0 Å². The van der Waals surface area contributed by atoms with E-state index in [0.717, 1.165) is 11.1 Å². The minimum Gasteiger partial charge on any atom is -0.397 e. The summed E-state index contributed by atoms with van der Waals surface area (Å²) in [7, 11) is 0. The van der Waals surface area contributed by atoms with Crippen LogP contribution in [0.4, 0.5) is 11.4 Å². The second kappa shape index (κ2) is 7.98. The fourth-order valence-electron chi connectivity index (χ4n) is 2.90. The fraction of sp³-hybridized carbons (Fsp3) is 0.143.